The van der Waals surface area contributed by atoms with Crippen molar-refractivity contribution in [3.05, 3.63) is 34.7 Å². The van der Waals surface area contributed by atoms with Crippen LogP contribution in [0.15, 0.2) is 17.8 Å². The van der Waals surface area contributed by atoms with E-state index in [1.54, 1.807) is 10.9 Å². The summed E-state index contributed by atoms with van der Waals surface area (Å²) in [5.41, 5.74) is 2.41. The Morgan fingerprint density at radius 2 is 2.30 bits per heavy atom. The van der Waals surface area contributed by atoms with Crippen LogP contribution in [-0.2, 0) is 13.5 Å². The van der Waals surface area contributed by atoms with Gasteiger partial charge in [0.25, 0.3) is 5.91 Å². The number of fused-ring (bicyclic) bond motifs is 1. The molecule has 1 N–H and O–H groups in total. The number of thiazole rings is 1. The van der Waals surface area contributed by atoms with Gasteiger partial charge in [0.1, 0.15) is 11.5 Å². The van der Waals surface area contributed by atoms with Crippen molar-refractivity contribution < 1.29 is 4.79 Å². The van der Waals surface area contributed by atoms with Gasteiger partial charge in [0, 0.05) is 30.4 Å². The lowest BCUT2D eigenvalue weighted by atomic mass is 10.2. The van der Waals surface area contributed by atoms with Crippen LogP contribution in [-0.4, -0.2) is 25.1 Å². The molecule has 0 spiro atoms. The molecule has 0 aliphatic rings. The van der Waals surface area contributed by atoms with E-state index in [0.29, 0.717) is 5.69 Å². The summed E-state index contributed by atoms with van der Waals surface area (Å²) in [6, 6.07) is 0. The third-order valence-corrected chi connectivity index (χ3v) is 4.03. The maximum absolute atomic E-state index is 12.3. The van der Waals surface area contributed by atoms with E-state index >= 15 is 0 Å². The van der Waals surface area contributed by atoms with Crippen LogP contribution >= 0.6 is 11.3 Å². The normalized spacial score (nSPS) is 11.2. The fourth-order valence-electron chi connectivity index (χ4n) is 2.29. The highest BCUT2D eigenvalue weighted by molar-refractivity contribution is 7.15. The molecule has 20 heavy (non-hydrogen) atoms. The smallest absolute Gasteiger partial charge is 0.277 e. The zero-order valence-electron chi connectivity index (χ0n) is 11.5. The molecule has 3 heterocycles. The summed E-state index contributed by atoms with van der Waals surface area (Å²) in [6.45, 7) is 3.99. The number of imidazole rings is 1. The van der Waals surface area contributed by atoms with Crippen molar-refractivity contribution in [1.29, 1.82) is 0 Å². The molecule has 0 unspecified atom stereocenters. The minimum atomic E-state index is -0.210. The van der Waals surface area contributed by atoms with Gasteiger partial charge in [-0.3, -0.25) is 13.9 Å². The fraction of sp³-hybridized carbons (Fsp3) is 0.308. The summed E-state index contributed by atoms with van der Waals surface area (Å²) in [6.07, 6.45) is 4.44. The van der Waals surface area contributed by atoms with Crippen molar-refractivity contribution in [2.45, 2.75) is 20.3 Å². The second-order valence-corrected chi connectivity index (χ2v) is 5.44. The van der Waals surface area contributed by atoms with E-state index in [4.69, 9.17) is 0 Å². The number of nitrogens with zero attached hydrogens (tertiary/aromatic N) is 4. The SMILES string of the molecule is CCc1c(C)nn(C)c1NC(=O)c1cn2ccsc2n1. The van der Waals surface area contributed by atoms with Crippen LogP contribution in [0.4, 0.5) is 5.82 Å². The van der Waals surface area contributed by atoms with Gasteiger partial charge >= 0.3 is 0 Å². The first-order chi connectivity index (χ1) is 9.60. The Balaban J connectivity index is 1.91. The number of hydrogen-bond acceptors (Lipinski definition) is 4. The third-order valence-electron chi connectivity index (χ3n) is 3.26. The third kappa shape index (κ3) is 2.00. The number of carbonyl (C=O) groups is 1. The molecule has 0 atom stereocenters. The van der Waals surface area contributed by atoms with Gasteiger partial charge in [-0.25, -0.2) is 4.98 Å². The number of anilines is 1. The van der Waals surface area contributed by atoms with Gasteiger partial charge in [-0.1, -0.05) is 6.92 Å². The van der Waals surface area contributed by atoms with Crippen molar-refractivity contribution in [3.63, 3.8) is 0 Å². The van der Waals surface area contributed by atoms with Gasteiger partial charge in [-0.2, -0.15) is 5.10 Å². The average Bonchev–Trinajstić information content (AvgIpc) is 3.03. The lowest BCUT2D eigenvalue weighted by Crippen LogP contribution is -2.16. The zero-order valence-corrected chi connectivity index (χ0v) is 12.4. The fourth-order valence-corrected chi connectivity index (χ4v) is 2.99. The van der Waals surface area contributed by atoms with Gasteiger partial charge in [0.05, 0.1) is 5.69 Å². The van der Waals surface area contributed by atoms with Crippen molar-refractivity contribution in [3.8, 4) is 0 Å². The molecule has 3 rings (SSSR count). The largest absolute Gasteiger partial charge is 0.305 e. The Morgan fingerprint density at radius 1 is 1.50 bits per heavy atom. The molecule has 6 nitrogen and oxygen atoms in total. The Kier molecular flexibility index (Phi) is 3.06. The predicted molar refractivity (Wildman–Crippen MR) is 78.3 cm³/mol. The van der Waals surface area contributed by atoms with Crippen molar-refractivity contribution in [1.82, 2.24) is 19.2 Å². The molecule has 3 aromatic rings. The number of aryl methyl sites for hydroxylation is 2. The lowest BCUT2D eigenvalue weighted by molar-refractivity contribution is 0.102. The minimum Gasteiger partial charge on any atom is -0.305 e. The molecule has 0 radical (unpaired) electrons. The highest BCUT2D eigenvalue weighted by atomic mass is 32.1. The molecular formula is C13H15N5OS. The average molecular weight is 289 g/mol. The second kappa shape index (κ2) is 4.75. The summed E-state index contributed by atoms with van der Waals surface area (Å²) >= 11 is 1.50. The first-order valence-electron chi connectivity index (χ1n) is 6.36. The van der Waals surface area contributed by atoms with Gasteiger partial charge in [-0.05, 0) is 13.3 Å². The van der Waals surface area contributed by atoms with Gasteiger partial charge < -0.3 is 5.32 Å². The first kappa shape index (κ1) is 12.9. The van der Waals surface area contributed by atoms with E-state index < -0.39 is 0 Å². The van der Waals surface area contributed by atoms with E-state index in [1.807, 2.05) is 36.9 Å². The molecule has 0 aliphatic heterocycles. The minimum absolute atomic E-state index is 0.210. The highest BCUT2D eigenvalue weighted by Crippen LogP contribution is 2.20. The molecule has 0 saturated heterocycles. The van der Waals surface area contributed by atoms with E-state index in [2.05, 4.69) is 15.4 Å². The number of rotatable bonds is 3. The molecule has 3 aromatic heterocycles. The maximum atomic E-state index is 12.3. The van der Waals surface area contributed by atoms with E-state index in [-0.39, 0.29) is 5.91 Å². The standard InChI is InChI=1S/C13H15N5OS/c1-4-9-8(2)16-17(3)11(9)15-12(19)10-7-18-5-6-20-13(18)14-10/h5-7H,4H2,1-3H3,(H,15,19). The summed E-state index contributed by atoms with van der Waals surface area (Å²) in [5.74, 6) is 0.532. The molecule has 0 aromatic carbocycles. The quantitative estimate of drug-likeness (QED) is 0.804. The lowest BCUT2D eigenvalue weighted by Gasteiger charge is -2.06. The van der Waals surface area contributed by atoms with Crippen molar-refractivity contribution >= 4 is 28.0 Å². The second-order valence-electron chi connectivity index (χ2n) is 4.56. The summed E-state index contributed by atoms with van der Waals surface area (Å²) in [7, 11) is 1.83. The molecule has 0 saturated carbocycles. The van der Waals surface area contributed by atoms with E-state index in [0.717, 1.165) is 28.5 Å². The summed E-state index contributed by atoms with van der Waals surface area (Å²) in [4.78, 5) is 17.4. The molecular weight excluding hydrogens is 274 g/mol. The number of amides is 1. The van der Waals surface area contributed by atoms with Crippen molar-refractivity contribution in [2.75, 3.05) is 5.32 Å². The van der Waals surface area contributed by atoms with Crippen molar-refractivity contribution in [2.24, 2.45) is 7.05 Å². The Hall–Kier alpha value is -2.15. The molecule has 104 valence electrons. The highest BCUT2D eigenvalue weighted by Gasteiger charge is 2.17. The van der Waals surface area contributed by atoms with Gasteiger partial charge in [0.2, 0.25) is 0 Å². The van der Waals surface area contributed by atoms with E-state index in [1.165, 1.54) is 11.3 Å². The predicted octanol–water partition coefficient (Wildman–Crippen LogP) is 2.25. The Morgan fingerprint density at radius 3 is 3.00 bits per heavy atom. The van der Waals surface area contributed by atoms with Gasteiger partial charge in [0.15, 0.2) is 4.96 Å². The van der Waals surface area contributed by atoms with Gasteiger partial charge in [-0.15, -0.1) is 11.3 Å². The Labute approximate surface area is 120 Å². The number of hydrogen-bond donors (Lipinski definition) is 1. The van der Waals surface area contributed by atoms with Crippen LogP contribution in [0.1, 0.15) is 28.7 Å². The first-order valence-corrected chi connectivity index (χ1v) is 7.24. The monoisotopic (exact) mass is 289 g/mol. The van der Waals surface area contributed by atoms with Crippen LogP contribution in [0.5, 0.6) is 0 Å². The molecule has 0 aliphatic carbocycles. The summed E-state index contributed by atoms with van der Waals surface area (Å²) < 4.78 is 3.54. The molecule has 1 amide bonds. The van der Waals surface area contributed by atoms with Crippen LogP contribution in [0.3, 0.4) is 0 Å². The molecule has 0 bridgehead atoms. The van der Waals surface area contributed by atoms with Crippen LogP contribution in [0.25, 0.3) is 4.96 Å². The maximum Gasteiger partial charge on any atom is 0.277 e. The summed E-state index contributed by atoms with van der Waals surface area (Å²) in [5, 5.41) is 9.18. The Bertz CT molecular complexity index is 753. The number of aromatic nitrogens is 4. The van der Waals surface area contributed by atoms with Crippen LogP contribution < -0.4 is 5.32 Å². The molecule has 0 fully saturated rings. The van der Waals surface area contributed by atoms with Crippen LogP contribution in [0.2, 0.25) is 0 Å². The number of nitrogens with one attached hydrogen (secondary N) is 1. The number of carbonyl (C=O) groups excluding carboxylic acids is 1. The zero-order chi connectivity index (χ0) is 14.3. The molecule has 7 heteroatoms. The topological polar surface area (TPSA) is 64.2 Å². The van der Waals surface area contributed by atoms with E-state index in [9.17, 15) is 4.79 Å². The van der Waals surface area contributed by atoms with Crippen LogP contribution in [0, 0.1) is 6.92 Å².